The van der Waals surface area contributed by atoms with E-state index in [4.69, 9.17) is 4.74 Å². The highest BCUT2D eigenvalue weighted by molar-refractivity contribution is 4.92. The number of likely N-dealkylation sites (N-methyl/N-ethyl adjacent to an activating group) is 1. The van der Waals surface area contributed by atoms with Crippen molar-refractivity contribution >= 4 is 0 Å². The summed E-state index contributed by atoms with van der Waals surface area (Å²) in [5, 5.41) is 3.37. The van der Waals surface area contributed by atoms with Gasteiger partial charge in [-0.1, -0.05) is 0 Å². The van der Waals surface area contributed by atoms with Crippen molar-refractivity contribution in [3.63, 3.8) is 0 Å². The second-order valence-electron chi connectivity index (χ2n) is 4.72. The molecular weight excluding hydrogens is 216 g/mol. The molecule has 1 fully saturated rings. The third kappa shape index (κ3) is 3.06. The van der Waals surface area contributed by atoms with Crippen LogP contribution in [0.15, 0.2) is 12.4 Å². The summed E-state index contributed by atoms with van der Waals surface area (Å²) in [5.41, 5.74) is 0. The van der Waals surface area contributed by atoms with E-state index in [1.54, 1.807) is 0 Å². The first kappa shape index (κ1) is 12.5. The molecule has 2 atom stereocenters. The monoisotopic (exact) mass is 238 g/mol. The molecular formula is C12H22N4O. The first-order valence-electron chi connectivity index (χ1n) is 6.17. The van der Waals surface area contributed by atoms with Gasteiger partial charge >= 0.3 is 0 Å². The molecule has 1 aliphatic rings. The van der Waals surface area contributed by atoms with Gasteiger partial charge in [0.25, 0.3) is 0 Å². The topological polar surface area (TPSA) is 42.3 Å². The fourth-order valence-electron chi connectivity index (χ4n) is 2.10. The van der Waals surface area contributed by atoms with Crippen molar-refractivity contribution in [2.45, 2.75) is 25.6 Å². The van der Waals surface area contributed by atoms with E-state index in [2.05, 4.69) is 33.7 Å². The quantitative estimate of drug-likeness (QED) is 0.815. The van der Waals surface area contributed by atoms with Crippen LogP contribution in [0.3, 0.4) is 0 Å². The van der Waals surface area contributed by atoms with Gasteiger partial charge in [0.2, 0.25) is 0 Å². The maximum absolute atomic E-state index is 5.78. The lowest BCUT2D eigenvalue weighted by Gasteiger charge is -2.34. The normalized spacial score (nSPS) is 22.9. The van der Waals surface area contributed by atoms with E-state index in [1.165, 1.54) is 0 Å². The number of hydrogen-bond acceptors (Lipinski definition) is 4. The first-order valence-corrected chi connectivity index (χ1v) is 6.17. The van der Waals surface area contributed by atoms with Crippen LogP contribution in [0.1, 0.15) is 12.7 Å². The Morgan fingerprint density at radius 3 is 3.12 bits per heavy atom. The second-order valence-corrected chi connectivity index (χ2v) is 4.72. The molecule has 1 saturated heterocycles. The van der Waals surface area contributed by atoms with E-state index >= 15 is 0 Å². The standard InChI is InChI=1S/C12H22N4O/c1-10(11-8-13-5-7-17-11)16(3)9-12-14-4-6-15(12)2/h4,6,10-11,13H,5,7-9H2,1-3H3. The lowest BCUT2D eigenvalue weighted by molar-refractivity contribution is -0.0223. The zero-order chi connectivity index (χ0) is 12.3. The number of aryl methyl sites for hydroxylation is 1. The number of morpholine rings is 1. The molecule has 1 aromatic rings. The molecule has 1 N–H and O–H groups in total. The van der Waals surface area contributed by atoms with Crippen molar-refractivity contribution in [1.82, 2.24) is 19.8 Å². The van der Waals surface area contributed by atoms with Crippen LogP contribution in [-0.4, -0.2) is 53.3 Å². The van der Waals surface area contributed by atoms with Crippen molar-refractivity contribution in [2.24, 2.45) is 7.05 Å². The van der Waals surface area contributed by atoms with Crippen molar-refractivity contribution in [3.05, 3.63) is 18.2 Å². The van der Waals surface area contributed by atoms with Gasteiger partial charge in [-0.25, -0.2) is 4.98 Å². The van der Waals surface area contributed by atoms with Crippen LogP contribution < -0.4 is 5.32 Å². The van der Waals surface area contributed by atoms with Crippen LogP contribution in [0.2, 0.25) is 0 Å². The van der Waals surface area contributed by atoms with Crippen LogP contribution in [0.5, 0.6) is 0 Å². The molecule has 2 unspecified atom stereocenters. The third-order valence-corrected chi connectivity index (χ3v) is 3.50. The van der Waals surface area contributed by atoms with E-state index in [0.717, 1.165) is 32.1 Å². The van der Waals surface area contributed by atoms with Crippen molar-refractivity contribution in [1.29, 1.82) is 0 Å². The summed E-state index contributed by atoms with van der Waals surface area (Å²) in [6.07, 6.45) is 4.09. The lowest BCUT2D eigenvalue weighted by Crippen LogP contribution is -2.49. The van der Waals surface area contributed by atoms with Gasteiger partial charge in [0.05, 0.1) is 19.3 Å². The summed E-state index contributed by atoms with van der Waals surface area (Å²) in [4.78, 5) is 6.64. The van der Waals surface area contributed by atoms with Gasteiger partial charge in [0.1, 0.15) is 5.82 Å². The van der Waals surface area contributed by atoms with Crippen molar-refractivity contribution in [3.8, 4) is 0 Å². The Kier molecular flexibility index (Phi) is 4.15. The highest BCUT2D eigenvalue weighted by atomic mass is 16.5. The van der Waals surface area contributed by atoms with Gasteiger partial charge in [-0.15, -0.1) is 0 Å². The van der Waals surface area contributed by atoms with Gasteiger partial charge in [-0.3, -0.25) is 4.90 Å². The number of rotatable bonds is 4. The van der Waals surface area contributed by atoms with E-state index in [0.29, 0.717) is 6.04 Å². The summed E-state index contributed by atoms with van der Waals surface area (Å²) in [5.74, 6) is 1.09. The Morgan fingerprint density at radius 1 is 1.71 bits per heavy atom. The van der Waals surface area contributed by atoms with Crippen LogP contribution in [-0.2, 0) is 18.3 Å². The summed E-state index contributed by atoms with van der Waals surface area (Å²) in [6, 6.07) is 0.388. The molecule has 0 aliphatic carbocycles. The molecule has 5 heteroatoms. The van der Waals surface area contributed by atoms with E-state index in [1.807, 2.05) is 19.4 Å². The number of imidazole rings is 1. The molecule has 0 aromatic carbocycles. The van der Waals surface area contributed by atoms with Crippen LogP contribution in [0, 0.1) is 0 Å². The Bertz CT molecular complexity index is 346. The van der Waals surface area contributed by atoms with Gasteiger partial charge in [0.15, 0.2) is 0 Å². The minimum absolute atomic E-state index is 0.272. The molecule has 1 aromatic heterocycles. The minimum atomic E-state index is 0.272. The molecule has 2 rings (SSSR count). The fourth-order valence-corrected chi connectivity index (χ4v) is 2.10. The Labute approximate surface area is 103 Å². The summed E-state index contributed by atoms with van der Waals surface area (Å²) >= 11 is 0. The zero-order valence-electron chi connectivity index (χ0n) is 10.9. The number of aromatic nitrogens is 2. The van der Waals surface area contributed by atoms with Crippen LogP contribution >= 0.6 is 0 Å². The largest absolute Gasteiger partial charge is 0.374 e. The van der Waals surface area contributed by atoms with E-state index < -0.39 is 0 Å². The number of hydrogen-bond donors (Lipinski definition) is 1. The lowest BCUT2D eigenvalue weighted by atomic mass is 10.1. The predicted octanol–water partition coefficient (Wildman–Crippen LogP) is 0.229. The molecule has 5 nitrogen and oxygen atoms in total. The molecule has 17 heavy (non-hydrogen) atoms. The maximum Gasteiger partial charge on any atom is 0.122 e. The maximum atomic E-state index is 5.78. The molecule has 0 bridgehead atoms. The third-order valence-electron chi connectivity index (χ3n) is 3.50. The molecule has 0 spiro atoms. The summed E-state index contributed by atoms with van der Waals surface area (Å²) in [6.45, 7) is 5.77. The highest BCUT2D eigenvalue weighted by Crippen LogP contribution is 2.11. The SMILES string of the molecule is CC(C1CNCCO1)N(C)Cc1nccn1C. The van der Waals surface area contributed by atoms with Crippen molar-refractivity contribution < 1.29 is 4.74 Å². The summed E-state index contributed by atoms with van der Waals surface area (Å²) < 4.78 is 7.84. The van der Waals surface area contributed by atoms with Crippen LogP contribution in [0.25, 0.3) is 0 Å². The Balaban J connectivity index is 1.90. The fraction of sp³-hybridized carbons (Fsp3) is 0.750. The van der Waals surface area contributed by atoms with E-state index in [9.17, 15) is 0 Å². The predicted molar refractivity (Wildman–Crippen MR) is 66.7 cm³/mol. The van der Waals surface area contributed by atoms with Gasteiger partial charge in [0, 0.05) is 38.6 Å². The number of nitrogens with one attached hydrogen (secondary N) is 1. The van der Waals surface area contributed by atoms with Gasteiger partial charge in [-0.05, 0) is 14.0 Å². The van der Waals surface area contributed by atoms with Gasteiger partial charge in [-0.2, -0.15) is 0 Å². The van der Waals surface area contributed by atoms with E-state index in [-0.39, 0.29) is 6.10 Å². The number of nitrogens with zero attached hydrogens (tertiary/aromatic N) is 3. The first-order chi connectivity index (χ1) is 8.18. The average Bonchev–Trinajstić information content (AvgIpc) is 2.75. The summed E-state index contributed by atoms with van der Waals surface area (Å²) in [7, 11) is 4.15. The van der Waals surface area contributed by atoms with Gasteiger partial charge < -0.3 is 14.6 Å². The Hall–Kier alpha value is -0.910. The zero-order valence-corrected chi connectivity index (χ0v) is 10.9. The molecule has 0 saturated carbocycles. The molecule has 0 amide bonds. The van der Waals surface area contributed by atoms with Crippen molar-refractivity contribution in [2.75, 3.05) is 26.7 Å². The molecule has 1 aliphatic heterocycles. The molecule has 2 heterocycles. The smallest absolute Gasteiger partial charge is 0.122 e. The van der Waals surface area contributed by atoms with Crippen LogP contribution in [0.4, 0.5) is 0 Å². The Morgan fingerprint density at radius 2 is 2.53 bits per heavy atom. The highest BCUT2D eigenvalue weighted by Gasteiger charge is 2.24. The minimum Gasteiger partial charge on any atom is -0.374 e. The second kappa shape index (κ2) is 5.62. The molecule has 0 radical (unpaired) electrons. The number of ether oxygens (including phenoxy) is 1. The molecule has 96 valence electrons. The average molecular weight is 238 g/mol.